The van der Waals surface area contributed by atoms with Gasteiger partial charge < -0.3 is 10.3 Å². The summed E-state index contributed by atoms with van der Waals surface area (Å²) in [5, 5.41) is 4.83. The molecule has 2 heterocycles. The molecule has 17 heavy (non-hydrogen) atoms. The number of halogens is 1. The monoisotopic (exact) mass is 337 g/mol. The Morgan fingerprint density at radius 3 is 2.76 bits per heavy atom. The standard InChI is InChI=1S/C12H8IN3O/c13-9-11(17-16-12(9)14)8-5-1-3-7-4-2-6-15-10(7)8/h1-6H,(H2,14,16). The maximum Gasteiger partial charge on any atom is 0.184 e. The molecule has 1 aromatic carbocycles. The zero-order valence-corrected chi connectivity index (χ0v) is 10.9. The number of nitrogens with two attached hydrogens (primary N) is 1. The highest BCUT2D eigenvalue weighted by atomic mass is 127. The summed E-state index contributed by atoms with van der Waals surface area (Å²) in [6.07, 6.45) is 1.76. The number of aromatic nitrogens is 2. The van der Waals surface area contributed by atoms with Gasteiger partial charge in [0.25, 0.3) is 0 Å². The first-order valence-electron chi connectivity index (χ1n) is 5.02. The minimum Gasteiger partial charge on any atom is -0.380 e. The van der Waals surface area contributed by atoms with E-state index in [0.717, 1.165) is 20.0 Å². The molecular formula is C12H8IN3O. The number of para-hydroxylation sites is 1. The SMILES string of the molecule is Nc1noc(-c2cccc3cccnc23)c1I. The molecule has 0 spiro atoms. The number of fused-ring (bicyclic) bond motifs is 1. The van der Waals surface area contributed by atoms with E-state index in [2.05, 4.69) is 32.7 Å². The van der Waals surface area contributed by atoms with Crippen LogP contribution in [0.25, 0.3) is 22.2 Å². The van der Waals surface area contributed by atoms with Crippen LogP contribution in [0.1, 0.15) is 0 Å². The zero-order chi connectivity index (χ0) is 11.8. The Labute approximate surface area is 111 Å². The van der Waals surface area contributed by atoms with Crippen LogP contribution in [0.2, 0.25) is 0 Å². The number of nitrogens with zero attached hydrogens (tertiary/aromatic N) is 2. The topological polar surface area (TPSA) is 64.9 Å². The predicted molar refractivity (Wildman–Crippen MR) is 74.4 cm³/mol. The van der Waals surface area contributed by atoms with Gasteiger partial charge in [-0.05, 0) is 34.7 Å². The quantitative estimate of drug-likeness (QED) is 0.693. The molecule has 0 radical (unpaired) electrons. The Balaban J connectivity index is 2.34. The highest BCUT2D eigenvalue weighted by Crippen LogP contribution is 2.32. The van der Waals surface area contributed by atoms with Crippen LogP contribution < -0.4 is 5.73 Å². The Morgan fingerprint density at radius 2 is 2.00 bits per heavy atom. The van der Waals surface area contributed by atoms with Crippen molar-refractivity contribution in [3.05, 3.63) is 40.1 Å². The lowest BCUT2D eigenvalue weighted by Crippen LogP contribution is -1.87. The second-order valence-corrected chi connectivity index (χ2v) is 4.67. The number of nitrogen functional groups attached to an aromatic ring is 1. The van der Waals surface area contributed by atoms with Crippen molar-refractivity contribution in [1.29, 1.82) is 0 Å². The van der Waals surface area contributed by atoms with Crippen molar-refractivity contribution in [3.63, 3.8) is 0 Å². The van der Waals surface area contributed by atoms with Crippen molar-refractivity contribution >= 4 is 39.3 Å². The van der Waals surface area contributed by atoms with E-state index in [1.54, 1.807) is 6.20 Å². The number of hydrogen-bond donors (Lipinski definition) is 1. The van der Waals surface area contributed by atoms with Crippen LogP contribution in [-0.2, 0) is 0 Å². The second-order valence-electron chi connectivity index (χ2n) is 3.59. The molecule has 0 aliphatic rings. The van der Waals surface area contributed by atoms with Gasteiger partial charge in [-0.2, -0.15) is 0 Å². The summed E-state index contributed by atoms with van der Waals surface area (Å²) in [6.45, 7) is 0. The molecule has 0 amide bonds. The first kappa shape index (κ1) is 10.5. The van der Waals surface area contributed by atoms with E-state index in [1.807, 2.05) is 30.3 Å². The van der Waals surface area contributed by atoms with Gasteiger partial charge in [0.05, 0.1) is 5.52 Å². The molecule has 4 nitrogen and oxygen atoms in total. The van der Waals surface area contributed by atoms with Crippen molar-refractivity contribution in [2.75, 3.05) is 5.73 Å². The first-order chi connectivity index (χ1) is 8.27. The van der Waals surface area contributed by atoms with Gasteiger partial charge in [0.2, 0.25) is 0 Å². The van der Waals surface area contributed by atoms with E-state index in [9.17, 15) is 0 Å². The van der Waals surface area contributed by atoms with E-state index in [0.29, 0.717) is 11.6 Å². The molecule has 84 valence electrons. The second kappa shape index (κ2) is 3.99. The minimum absolute atomic E-state index is 0.411. The summed E-state index contributed by atoms with van der Waals surface area (Å²) in [5.41, 5.74) is 7.50. The van der Waals surface area contributed by atoms with Crippen LogP contribution in [0.3, 0.4) is 0 Å². The van der Waals surface area contributed by atoms with Gasteiger partial charge in [0.1, 0.15) is 3.57 Å². The molecular weight excluding hydrogens is 329 g/mol. The normalized spacial score (nSPS) is 10.9. The molecule has 2 aromatic heterocycles. The van der Waals surface area contributed by atoms with Crippen molar-refractivity contribution < 1.29 is 4.52 Å². The molecule has 3 aromatic rings. The average molecular weight is 337 g/mol. The fraction of sp³-hybridized carbons (Fsp3) is 0. The summed E-state index contributed by atoms with van der Waals surface area (Å²) in [7, 11) is 0. The third kappa shape index (κ3) is 1.66. The van der Waals surface area contributed by atoms with Crippen molar-refractivity contribution in [2.24, 2.45) is 0 Å². The maximum absolute atomic E-state index is 5.69. The van der Waals surface area contributed by atoms with Gasteiger partial charge in [-0.3, -0.25) is 4.98 Å². The van der Waals surface area contributed by atoms with E-state index in [1.165, 1.54) is 0 Å². The number of pyridine rings is 1. The van der Waals surface area contributed by atoms with Crippen LogP contribution in [0, 0.1) is 3.57 Å². The fourth-order valence-corrected chi connectivity index (χ4v) is 2.23. The van der Waals surface area contributed by atoms with Crippen LogP contribution in [-0.4, -0.2) is 10.1 Å². The molecule has 0 fully saturated rings. The first-order valence-corrected chi connectivity index (χ1v) is 6.10. The van der Waals surface area contributed by atoms with Gasteiger partial charge >= 0.3 is 0 Å². The molecule has 3 rings (SSSR count). The Hall–Kier alpha value is -1.63. The molecule has 0 bridgehead atoms. The summed E-state index contributed by atoms with van der Waals surface area (Å²) in [4.78, 5) is 4.38. The van der Waals surface area contributed by atoms with Crippen molar-refractivity contribution in [2.45, 2.75) is 0 Å². The summed E-state index contributed by atoms with van der Waals surface area (Å²) in [5.74, 6) is 1.08. The van der Waals surface area contributed by atoms with Crippen molar-refractivity contribution in [3.8, 4) is 11.3 Å². The molecule has 0 saturated heterocycles. The van der Waals surface area contributed by atoms with E-state index < -0.39 is 0 Å². The van der Waals surface area contributed by atoms with Gasteiger partial charge in [-0.1, -0.05) is 23.4 Å². The van der Waals surface area contributed by atoms with E-state index in [-0.39, 0.29) is 0 Å². The minimum atomic E-state index is 0.411. The van der Waals surface area contributed by atoms with Gasteiger partial charge in [0, 0.05) is 17.1 Å². The Bertz CT molecular complexity index is 688. The molecule has 0 aliphatic heterocycles. The summed E-state index contributed by atoms with van der Waals surface area (Å²) < 4.78 is 6.09. The summed E-state index contributed by atoms with van der Waals surface area (Å²) >= 11 is 2.13. The smallest absolute Gasteiger partial charge is 0.184 e. The number of hydrogen-bond acceptors (Lipinski definition) is 4. The zero-order valence-electron chi connectivity index (χ0n) is 8.72. The molecule has 5 heteroatoms. The van der Waals surface area contributed by atoms with Gasteiger partial charge in [0.15, 0.2) is 11.6 Å². The fourth-order valence-electron chi connectivity index (χ4n) is 1.75. The lowest BCUT2D eigenvalue weighted by atomic mass is 10.1. The van der Waals surface area contributed by atoms with Gasteiger partial charge in [-0.25, -0.2) is 0 Å². The molecule has 0 unspecified atom stereocenters. The molecule has 0 saturated carbocycles. The van der Waals surface area contributed by atoms with Crippen LogP contribution in [0.15, 0.2) is 41.1 Å². The molecule has 0 atom stereocenters. The number of rotatable bonds is 1. The van der Waals surface area contributed by atoms with Crippen LogP contribution in [0.5, 0.6) is 0 Å². The molecule has 2 N–H and O–H groups in total. The highest BCUT2D eigenvalue weighted by molar-refractivity contribution is 14.1. The molecule has 0 aliphatic carbocycles. The van der Waals surface area contributed by atoms with Crippen LogP contribution >= 0.6 is 22.6 Å². The van der Waals surface area contributed by atoms with Crippen LogP contribution in [0.4, 0.5) is 5.82 Å². The van der Waals surface area contributed by atoms with E-state index >= 15 is 0 Å². The Morgan fingerprint density at radius 1 is 1.18 bits per heavy atom. The third-order valence-electron chi connectivity index (χ3n) is 2.54. The average Bonchev–Trinajstić information content (AvgIpc) is 2.69. The summed E-state index contributed by atoms with van der Waals surface area (Å²) in [6, 6.07) is 9.86. The highest BCUT2D eigenvalue weighted by Gasteiger charge is 2.15. The van der Waals surface area contributed by atoms with Crippen molar-refractivity contribution in [1.82, 2.24) is 10.1 Å². The third-order valence-corrected chi connectivity index (χ3v) is 3.58. The lowest BCUT2D eigenvalue weighted by molar-refractivity contribution is 0.435. The Kier molecular flexibility index (Phi) is 2.47. The number of benzene rings is 1. The largest absolute Gasteiger partial charge is 0.380 e. The number of anilines is 1. The van der Waals surface area contributed by atoms with E-state index in [4.69, 9.17) is 10.3 Å². The maximum atomic E-state index is 5.69. The lowest BCUT2D eigenvalue weighted by Gasteiger charge is -2.02. The predicted octanol–water partition coefficient (Wildman–Crippen LogP) is 3.08. The van der Waals surface area contributed by atoms with Gasteiger partial charge in [-0.15, -0.1) is 0 Å².